The van der Waals surface area contributed by atoms with Crippen LogP contribution in [0.5, 0.6) is 0 Å². The summed E-state index contributed by atoms with van der Waals surface area (Å²) in [7, 11) is 1.21. The second kappa shape index (κ2) is 13.0. The van der Waals surface area contributed by atoms with E-state index in [4.69, 9.17) is 10.00 Å². The molecule has 0 radical (unpaired) electrons. The van der Waals surface area contributed by atoms with E-state index in [-0.39, 0.29) is 12.6 Å². The van der Waals surface area contributed by atoms with E-state index in [0.29, 0.717) is 13.0 Å². The van der Waals surface area contributed by atoms with E-state index in [2.05, 4.69) is 14.2 Å². The second-order valence-corrected chi connectivity index (χ2v) is 4.52. The summed E-state index contributed by atoms with van der Waals surface area (Å²) in [5.74, 6) is -0.302. The maximum absolute atomic E-state index is 11.5. The SMILES string of the molecule is COC(=O)OCC(C)OC(=O)CCCCCCCOC#N. The zero-order valence-corrected chi connectivity index (χ0v) is 12.6. The molecule has 0 aliphatic heterocycles. The number of methoxy groups -OCH3 is 1. The first-order chi connectivity index (χ1) is 10.1. The predicted octanol–water partition coefficient (Wildman–Crippen LogP) is 2.54. The molecule has 7 heteroatoms. The second-order valence-electron chi connectivity index (χ2n) is 4.52. The molecule has 0 saturated heterocycles. The standard InChI is InChI=1S/C14H23NO6/c1-12(10-20-14(17)18-2)21-13(16)8-6-4-3-5-7-9-19-11-15/h12H,3-10H2,1-2H3. The van der Waals surface area contributed by atoms with E-state index in [1.807, 2.05) is 0 Å². The zero-order valence-electron chi connectivity index (χ0n) is 12.6. The Labute approximate surface area is 125 Å². The van der Waals surface area contributed by atoms with Gasteiger partial charge in [-0.3, -0.25) is 4.79 Å². The smallest absolute Gasteiger partial charge is 0.459 e. The lowest BCUT2D eigenvalue weighted by atomic mass is 10.1. The fourth-order valence-corrected chi connectivity index (χ4v) is 1.58. The van der Waals surface area contributed by atoms with E-state index in [9.17, 15) is 9.59 Å². The number of nitriles is 1. The summed E-state index contributed by atoms with van der Waals surface area (Å²) < 4.78 is 18.6. The lowest BCUT2D eigenvalue weighted by molar-refractivity contribution is -0.150. The number of hydrogen-bond donors (Lipinski definition) is 0. The van der Waals surface area contributed by atoms with Crippen molar-refractivity contribution in [3.8, 4) is 6.26 Å². The molecule has 0 aliphatic carbocycles. The molecule has 0 heterocycles. The Morgan fingerprint density at radius 3 is 2.48 bits per heavy atom. The van der Waals surface area contributed by atoms with Crippen molar-refractivity contribution in [2.24, 2.45) is 0 Å². The number of ether oxygens (including phenoxy) is 4. The Bertz CT molecular complexity index is 339. The van der Waals surface area contributed by atoms with E-state index >= 15 is 0 Å². The van der Waals surface area contributed by atoms with Crippen molar-refractivity contribution >= 4 is 12.1 Å². The molecule has 21 heavy (non-hydrogen) atoms. The van der Waals surface area contributed by atoms with E-state index in [0.717, 1.165) is 32.1 Å². The molecule has 0 aliphatic rings. The van der Waals surface area contributed by atoms with Gasteiger partial charge in [0, 0.05) is 6.42 Å². The molecule has 0 rings (SSSR count). The van der Waals surface area contributed by atoms with Gasteiger partial charge in [-0.05, 0) is 19.8 Å². The largest absolute Gasteiger partial charge is 0.508 e. The molecule has 0 bridgehead atoms. The molecule has 0 saturated carbocycles. The lowest BCUT2D eigenvalue weighted by Crippen LogP contribution is -2.22. The average Bonchev–Trinajstić information content (AvgIpc) is 2.47. The Morgan fingerprint density at radius 1 is 1.14 bits per heavy atom. The summed E-state index contributed by atoms with van der Waals surface area (Å²) >= 11 is 0. The van der Waals surface area contributed by atoms with Crippen LogP contribution in [0.1, 0.15) is 45.4 Å². The lowest BCUT2D eigenvalue weighted by Gasteiger charge is -2.12. The van der Waals surface area contributed by atoms with Crippen LogP contribution in [0, 0.1) is 11.5 Å². The first kappa shape index (κ1) is 19.0. The number of unbranched alkanes of at least 4 members (excludes halogenated alkanes) is 4. The quantitative estimate of drug-likeness (QED) is 0.329. The minimum Gasteiger partial charge on any atom is -0.459 e. The fourth-order valence-electron chi connectivity index (χ4n) is 1.58. The van der Waals surface area contributed by atoms with Crippen LogP contribution in [-0.2, 0) is 23.7 Å². The number of carbonyl (C=O) groups is 2. The molecule has 1 unspecified atom stereocenters. The molecule has 0 N–H and O–H groups in total. The molecule has 1 atom stereocenters. The van der Waals surface area contributed by atoms with Gasteiger partial charge in [-0.1, -0.05) is 19.3 Å². The molecule has 7 nitrogen and oxygen atoms in total. The minimum atomic E-state index is -0.793. The minimum absolute atomic E-state index is 0.0166. The molecule has 0 amide bonds. The summed E-state index contributed by atoms with van der Waals surface area (Å²) in [4.78, 5) is 22.2. The van der Waals surface area contributed by atoms with Crippen LogP contribution in [0.15, 0.2) is 0 Å². The van der Waals surface area contributed by atoms with Crippen molar-refractivity contribution in [2.45, 2.75) is 51.6 Å². The van der Waals surface area contributed by atoms with Crippen LogP contribution in [-0.4, -0.2) is 38.6 Å². The van der Waals surface area contributed by atoms with Gasteiger partial charge in [-0.15, -0.1) is 0 Å². The van der Waals surface area contributed by atoms with Gasteiger partial charge >= 0.3 is 12.1 Å². The molecule has 0 aromatic heterocycles. The number of esters is 1. The third kappa shape index (κ3) is 12.8. The molecule has 0 spiro atoms. The average molecular weight is 301 g/mol. The third-order valence-corrected chi connectivity index (χ3v) is 2.63. The van der Waals surface area contributed by atoms with Gasteiger partial charge in [0.15, 0.2) is 0 Å². The van der Waals surface area contributed by atoms with Crippen LogP contribution in [0.25, 0.3) is 0 Å². The number of rotatable bonds is 11. The van der Waals surface area contributed by atoms with E-state index < -0.39 is 12.3 Å². The van der Waals surface area contributed by atoms with E-state index in [1.165, 1.54) is 7.11 Å². The van der Waals surface area contributed by atoms with Gasteiger partial charge in [0.1, 0.15) is 19.3 Å². The van der Waals surface area contributed by atoms with Crippen molar-refractivity contribution in [3.63, 3.8) is 0 Å². The van der Waals surface area contributed by atoms with Gasteiger partial charge in [0.05, 0.1) is 7.11 Å². The fraction of sp³-hybridized carbons (Fsp3) is 0.786. The number of carbonyl (C=O) groups excluding carboxylic acids is 2. The molecular weight excluding hydrogens is 278 g/mol. The molecule has 0 aromatic carbocycles. The maximum Gasteiger partial charge on any atom is 0.508 e. The summed E-state index contributed by atoms with van der Waals surface area (Å²) in [5.41, 5.74) is 0. The van der Waals surface area contributed by atoms with Crippen LogP contribution >= 0.6 is 0 Å². The van der Waals surface area contributed by atoms with E-state index in [1.54, 1.807) is 13.2 Å². The van der Waals surface area contributed by atoms with Gasteiger partial charge in [-0.25, -0.2) is 4.79 Å². The van der Waals surface area contributed by atoms with Crippen molar-refractivity contribution < 1.29 is 28.5 Å². The van der Waals surface area contributed by atoms with Crippen molar-refractivity contribution in [1.29, 1.82) is 5.26 Å². The predicted molar refractivity (Wildman–Crippen MR) is 73.2 cm³/mol. The van der Waals surface area contributed by atoms with Crippen LogP contribution in [0.4, 0.5) is 4.79 Å². The van der Waals surface area contributed by atoms with Gasteiger partial charge < -0.3 is 18.9 Å². The molecular formula is C14H23NO6. The maximum atomic E-state index is 11.5. The Morgan fingerprint density at radius 2 is 1.81 bits per heavy atom. The van der Waals surface area contributed by atoms with Crippen LogP contribution in [0.2, 0.25) is 0 Å². The summed E-state index contributed by atoms with van der Waals surface area (Å²) in [6.45, 7) is 2.09. The molecule has 0 fully saturated rings. The summed E-state index contributed by atoms with van der Waals surface area (Å²) in [6.07, 6.45) is 5.17. The summed E-state index contributed by atoms with van der Waals surface area (Å²) in [5, 5.41) is 8.16. The Kier molecular flexibility index (Phi) is 11.8. The zero-order chi connectivity index (χ0) is 15.9. The van der Waals surface area contributed by atoms with Crippen LogP contribution < -0.4 is 0 Å². The monoisotopic (exact) mass is 301 g/mol. The molecule has 120 valence electrons. The van der Waals surface area contributed by atoms with Gasteiger partial charge in [-0.2, -0.15) is 5.26 Å². The first-order valence-corrected chi connectivity index (χ1v) is 7.01. The van der Waals surface area contributed by atoms with Crippen LogP contribution in [0.3, 0.4) is 0 Å². The highest BCUT2D eigenvalue weighted by Gasteiger charge is 2.11. The third-order valence-electron chi connectivity index (χ3n) is 2.63. The highest BCUT2D eigenvalue weighted by atomic mass is 16.7. The Balaban J connectivity index is 3.45. The highest BCUT2D eigenvalue weighted by molar-refractivity contribution is 5.69. The molecule has 0 aromatic rings. The number of hydrogen-bond acceptors (Lipinski definition) is 7. The first-order valence-electron chi connectivity index (χ1n) is 7.01. The highest BCUT2D eigenvalue weighted by Crippen LogP contribution is 2.07. The van der Waals surface area contributed by atoms with Crippen molar-refractivity contribution in [3.05, 3.63) is 0 Å². The van der Waals surface area contributed by atoms with Crippen molar-refractivity contribution in [1.82, 2.24) is 0 Å². The van der Waals surface area contributed by atoms with Gasteiger partial charge in [0.2, 0.25) is 0 Å². The topological polar surface area (TPSA) is 94.8 Å². The normalized spacial score (nSPS) is 11.1. The summed E-state index contributed by atoms with van der Waals surface area (Å²) in [6, 6.07) is 0. The van der Waals surface area contributed by atoms with Gasteiger partial charge in [0.25, 0.3) is 6.26 Å². The van der Waals surface area contributed by atoms with Crippen molar-refractivity contribution in [2.75, 3.05) is 20.3 Å². The number of nitrogens with zero attached hydrogens (tertiary/aromatic N) is 1. The Hall–Kier alpha value is -1.97.